The van der Waals surface area contributed by atoms with E-state index in [1.165, 1.54) is 12.4 Å². The molecule has 2 amide bonds. The van der Waals surface area contributed by atoms with E-state index < -0.39 is 23.5 Å². The summed E-state index contributed by atoms with van der Waals surface area (Å²) in [6.45, 7) is 0. The molecule has 2 atom stereocenters. The van der Waals surface area contributed by atoms with E-state index in [0.29, 0.717) is 34.3 Å². The molecule has 10 heteroatoms. The highest BCUT2D eigenvalue weighted by atomic mass is 35.5. The van der Waals surface area contributed by atoms with E-state index in [-0.39, 0.29) is 17.8 Å². The molecule has 3 N–H and O–H groups in total. The number of nitrogens with one attached hydrogen (secondary N) is 3. The van der Waals surface area contributed by atoms with E-state index in [1.54, 1.807) is 0 Å². The molecule has 3 rings (SSSR count). The zero-order chi connectivity index (χ0) is 20.3. The van der Waals surface area contributed by atoms with Gasteiger partial charge in [-0.3, -0.25) is 4.98 Å². The topological polar surface area (TPSA) is 66.1 Å². The summed E-state index contributed by atoms with van der Waals surface area (Å²) in [4.78, 5) is 16.2. The SMILES string of the molecule is O=C(Nc1cc(F)c(F)c(F)c1)N[C@@H]1CCCC[C@H]1Nc1c(Cl)cncc1Cl. The standard InChI is InChI=1S/C18H17Cl2F3N4O/c19-10-7-24-8-11(20)17(10)26-14-3-1-2-4-15(14)27-18(28)25-9-5-12(21)16(23)13(22)6-9/h5-8,14-15H,1-4H2,(H,24,26)(H2,25,27,28)/t14-,15-/m1/s1. The normalized spacial score (nSPS) is 19.2. The fourth-order valence-electron chi connectivity index (χ4n) is 3.17. The molecule has 28 heavy (non-hydrogen) atoms. The van der Waals surface area contributed by atoms with Crippen molar-refractivity contribution in [2.75, 3.05) is 10.6 Å². The number of carbonyl (C=O) groups excluding carboxylic acids is 1. The maximum absolute atomic E-state index is 13.3. The molecule has 0 saturated heterocycles. The molecular formula is C18H17Cl2F3N4O. The second-order valence-corrected chi connectivity index (χ2v) is 7.29. The van der Waals surface area contributed by atoms with Gasteiger partial charge in [0.05, 0.1) is 21.8 Å². The van der Waals surface area contributed by atoms with E-state index in [1.807, 2.05) is 0 Å². The minimum absolute atomic E-state index is 0.154. The molecule has 1 aromatic heterocycles. The Morgan fingerprint density at radius 1 is 1.00 bits per heavy atom. The van der Waals surface area contributed by atoms with Gasteiger partial charge in [0.1, 0.15) is 0 Å². The zero-order valence-corrected chi connectivity index (χ0v) is 16.0. The molecule has 1 fully saturated rings. The number of carbonyl (C=O) groups is 1. The third kappa shape index (κ3) is 4.80. The molecule has 0 spiro atoms. The highest BCUT2D eigenvalue weighted by Crippen LogP contribution is 2.32. The van der Waals surface area contributed by atoms with Gasteiger partial charge in [-0.2, -0.15) is 0 Å². The zero-order valence-electron chi connectivity index (χ0n) is 14.5. The summed E-state index contributed by atoms with van der Waals surface area (Å²) in [7, 11) is 0. The number of hydrogen-bond donors (Lipinski definition) is 3. The molecule has 5 nitrogen and oxygen atoms in total. The van der Waals surface area contributed by atoms with Gasteiger partial charge in [-0.1, -0.05) is 36.0 Å². The molecule has 2 aromatic rings. The van der Waals surface area contributed by atoms with Crippen molar-refractivity contribution in [1.82, 2.24) is 10.3 Å². The highest BCUT2D eigenvalue weighted by Gasteiger charge is 2.28. The van der Waals surface area contributed by atoms with Crippen molar-refractivity contribution in [3.8, 4) is 0 Å². The molecule has 150 valence electrons. The number of hydrogen-bond acceptors (Lipinski definition) is 3. The number of nitrogens with zero attached hydrogens (tertiary/aromatic N) is 1. The predicted octanol–water partition coefficient (Wildman–Crippen LogP) is 5.35. The highest BCUT2D eigenvalue weighted by molar-refractivity contribution is 6.38. The van der Waals surface area contributed by atoms with Crippen LogP contribution in [0.4, 0.5) is 29.3 Å². The van der Waals surface area contributed by atoms with Gasteiger partial charge in [0, 0.05) is 36.3 Å². The number of anilines is 2. The van der Waals surface area contributed by atoms with Crippen molar-refractivity contribution >= 4 is 40.6 Å². The lowest BCUT2D eigenvalue weighted by molar-refractivity contribution is 0.242. The predicted molar refractivity (Wildman–Crippen MR) is 102 cm³/mol. The summed E-state index contributed by atoms with van der Waals surface area (Å²) >= 11 is 12.3. The van der Waals surface area contributed by atoms with Crippen LogP contribution in [-0.4, -0.2) is 23.1 Å². The summed E-state index contributed by atoms with van der Waals surface area (Å²) < 4.78 is 39.6. The van der Waals surface area contributed by atoms with Crippen molar-refractivity contribution in [2.45, 2.75) is 37.8 Å². The Balaban J connectivity index is 1.68. The fourth-order valence-corrected chi connectivity index (χ4v) is 3.65. The lowest BCUT2D eigenvalue weighted by Crippen LogP contribution is -2.49. The van der Waals surface area contributed by atoms with Crippen LogP contribution in [0, 0.1) is 17.5 Å². The van der Waals surface area contributed by atoms with Crippen LogP contribution in [-0.2, 0) is 0 Å². The Labute approximate surface area is 169 Å². The summed E-state index contributed by atoms with van der Waals surface area (Å²) in [5.41, 5.74) is 0.342. The van der Waals surface area contributed by atoms with Crippen molar-refractivity contribution < 1.29 is 18.0 Å². The van der Waals surface area contributed by atoms with Crippen LogP contribution in [0.25, 0.3) is 0 Å². The number of urea groups is 1. The van der Waals surface area contributed by atoms with E-state index >= 15 is 0 Å². The number of benzene rings is 1. The fraction of sp³-hybridized carbons (Fsp3) is 0.333. The number of pyridine rings is 1. The number of halogens is 5. The van der Waals surface area contributed by atoms with Gasteiger partial charge < -0.3 is 16.0 Å². The molecule has 0 aliphatic heterocycles. The second kappa shape index (κ2) is 8.87. The van der Waals surface area contributed by atoms with Crippen LogP contribution >= 0.6 is 23.2 Å². The first-order valence-electron chi connectivity index (χ1n) is 8.62. The summed E-state index contributed by atoms with van der Waals surface area (Å²) in [5.74, 6) is -4.35. The average Bonchev–Trinajstić information content (AvgIpc) is 2.64. The van der Waals surface area contributed by atoms with Crippen molar-refractivity contribution in [3.63, 3.8) is 0 Å². The lowest BCUT2D eigenvalue weighted by atomic mass is 9.90. The van der Waals surface area contributed by atoms with Crippen molar-refractivity contribution in [2.24, 2.45) is 0 Å². The van der Waals surface area contributed by atoms with Gasteiger partial charge in [-0.25, -0.2) is 18.0 Å². The van der Waals surface area contributed by atoms with Crippen LogP contribution in [0.5, 0.6) is 0 Å². The monoisotopic (exact) mass is 432 g/mol. The third-order valence-corrected chi connectivity index (χ3v) is 5.08. The van der Waals surface area contributed by atoms with Gasteiger partial charge in [0.25, 0.3) is 0 Å². The Morgan fingerprint density at radius 3 is 2.18 bits per heavy atom. The summed E-state index contributed by atoms with van der Waals surface area (Å²) in [6, 6.07) is 0.342. The second-order valence-electron chi connectivity index (χ2n) is 6.47. The third-order valence-electron chi connectivity index (χ3n) is 4.51. The lowest BCUT2D eigenvalue weighted by Gasteiger charge is -2.33. The smallest absolute Gasteiger partial charge is 0.319 e. The first kappa shape index (κ1) is 20.5. The average molecular weight is 433 g/mol. The quantitative estimate of drug-likeness (QED) is 0.570. The number of amides is 2. The molecule has 0 bridgehead atoms. The maximum atomic E-state index is 13.3. The van der Waals surface area contributed by atoms with Crippen LogP contribution < -0.4 is 16.0 Å². The molecule has 1 aromatic carbocycles. The van der Waals surface area contributed by atoms with Crippen LogP contribution in [0.1, 0.15) is 25.7 Å². The Morgan fingerprint density at radius 2 is 1.57 bits per heavy atom. The van der Waals surface area contributed by atoms with E-state index in [4.69, 9.17) is 23.2 Å². The maximum Gasteiger partial charge on any atom is 0.319 e. The van der Waals surface area contributed by atoms with Crippen LogP contribution in [0.2, 0.25) is 10.0 Å². The van der Waals surface area contributed by atoms with Crippen LogP contribution in [0.15, 0.2) is 24.5 Å². The molecule has 1 aliphatic carbocycles. The van der Waals surface area contributed by atoms with Gasteiger partial charge in [-0.15, -0.1) is 0 Å². The summed E-state index contributed by atoms with van der Waals surface area (Å²) in [5, 5.41) is 9.06. The minimum Gasteiger partial charge on any atom is -0.378 e. The van der Waals surface area contributed by atoms with Crippen molar-refractivity contribution in [1.29, 1.82) is 0 Å². The van der Waals surface area contributed by atoms with Gasteiger partial charge in [0.2, 0.25) is 0 Å². The van der Waals surface area contributed by atoms with E-state index in [2.05, 4.69) is 20.9 Å². The van der Waals surface area contributed by atoms with Gasteiger partial charge in [-0.05, 0) is 12.8 Å². The first-order valence-corrected chi connectivity index (χ1v) is 9.38. The molecule has 1 heterocycles. The summed E-state index contributed by atoms with van der Waals surface area (Å²) in [6.07, 6.45) is 6.24. The Hall–Kier alpha value is -2.19. The molecule has 0 radical (unpaired) electrons. The molecule has 0 unspecified atom stereocenters. The Kier molecular flexibility index (Phi) is 6.51. The van der Waals surface area contributed by atoms with Gasteiger partial charge in [0.15, 0.2) is 17.5 Å². The minimum atomic E-state index is -1.59. The largest absolute Gasteiger partial charge is 0.378 e. The molecule has 1 saturated carbocycles. The first-order chi connectivity index (χ1) is 13.3. The van der Waals surface area contributed by atoms with E-state index in [9.17, 15) is 18.0 Å². The van der Waals surface area contributed by atoms with E-state index in [0.717, 1.165) is 19.3 Å². The Bertz CT molecular complexity index is 841. The number of aromatic nitrogens is 1. The van der Waals surface area contributed by atoms with Crippen molar-refractivity contribution in [3.05, 3.63) is 52.0 Å². The molecule has 1 aliphatic rings. The van der Waals surface area contributed by atoms with Gasteiger partial charge >= 0.3 is 6.03 Å². The molecular weight excluding hydrogens is 416 g/mol. The number of rotatable bonds is 4. The van der Waals surface area contributed by atoms with Crippen LogP contribution in [0.3, 0.4) is 0 Å².